The van der Waals surface area contributed by atoms with Crippen LogP contribution in [-0.4, -0.2) is 67.8 Å². The Morgan fingerprint density at radius 1 is 1.29 bits per heavy atom. The van der Waals surface area contributed by atoms with Gasteiger partial charge in [-0.25, -0.2) is 4.79 Å². The Kier molecular flexibility index (Phi) is 4.89. The van der Waals surface area contributed by atoms with Crippen LogP contribution in [0.2, 0.25) is 0 Å². The molecule has 0 spiro atoms. The minimum Gasteiger partial charge on any atom is -0.454 e. The summed E-state index contributed by atoms with van der Waals surface area (Å²) < 4.78 is 15.8. The standard InChI is InChI=1S/C17H22N2O5/c1-12(18(2)17(21)22-9-8-19-6-3-7-19)16(20)13-4-5-14-15(10-13)24-11-23-14/h4-5,10,12H,3,6-9,11H2,1-2H3/t12-/m0/s1. The molecule has 0 saturated carbocycles. The number of likely N-dealkylation sites (tertiary alicyclic amines) is 1. The second-order valence-electron chi connectivity index (χ2n) is 6.03. The van der Waals surface area contributed by atoms with Crippen molar-refractivity contribution in [1.82, 2.24) is 9.80 Å². The number of hydrogen-bond donors (Lipinski definition) is 0. The molecule has 7 heteroatoms. The Hall–Kier alpha value is -2.28. The second kappa shape index (κ2) is 7.09. The fraction of sp³-hybridized carbons (Fsp3) is 0.529. The van der Waals surface area contributed by atoms with Gasteiger partial charge in [-0.1, -0.05) is 0 Å². The van der Waals surface area contributed by atoms with Crippen LogP contribution in [0.4, 0.5) is 4.79 Å². The van der Waals surface area contributed by atoms with Gasteiger partial charge in [0.05, 0.1) is 6.04 Å². The Labute approximate surface area is 141 Å². The first-order valence-corrected chi connectivity index (χ1v) is 8.12. The molecule has 3 rings (SSSR count). The van der Waals surface area contributed by atoms with Gasteiger partial charge in [-0.05, 0) is 44.6 Å². The molecule has 1 aromatic carbocycles. The average molecular weight is 334 g/mol. The van der Waals surface area contributed by atoms with Crippen molar-refractivity contribution in [3.8, 4) is 11.5 Å². The average Bonchev–Trinajstić information content (AvgIpc) is 3.02. The number of benzene rings is 1. The Morgan fingerprint density at radius 3 is 2.75 bits per heavy atom. The highest BCUT2D eigenvalue weighted by Crippen LogP contribution is 2.32. The highest BCUT2D eigenvalue weighted by atomic mass is 16.7. The Balaban J connectivity index is 1.54. The highest BCUT2D eigenvalue weighted by Gasteiger charge is 2.26. The molecule has 1 amide bonds. The summed E-state index contributed by atoms with van der Waals surface area (Å²) >= 11 is 0. The van der Waals surface area contributed by atoms with Crippen LogP contribution in [0.5, 0.6) is 11.5 Å². The highest BCUT2D eigenvalue weighted by molar-refractivity contribution is 6.01. The van der Waals surface area contributed by atoms with Crippen molar-refractivity contribution >= 4 is 11.9 Å². The number of carbonyl (C=O) groups is 2. The number of ether oxygens (including phenoxy) is 3. The van der Waals surface area contributed by atoms with Crippen molar-refractivity contribution in [2.75, 3.05) is 40.1 Å². The van der Waals surface area contributed by atoms with Crippen molar-refractivity contribution in [3.05, 3.63) is 23.8 Å². The van der Waals surface area contributed by atoms with Gasteiger partial charge in [0, 0.05) is 19.2 Å². The number of nitrogens with zero attached hydrogens (tertiary/aromatic N) is 2. The van der Waals surface area contributed by atoms with E-state index in [1.165, 1.54) is 11.3 Å². The lowest BCUT2D eigenvalue weighted by Crippen LogP contribution is -2.43. The predicted octanol–water partition coefficient (Wildman–Crippen LogP) is 1.76. The summed E-state index contributed by atoms with van der Waals surface area (Å²) in [6, 6.07) is 4.40. The topological polar surface area (TPSA) is 68.3 Å². The molecule has 2 heterocycles. The smallest absolute Gasteiger partial charge is 0.410 e. The number of rotatable bonds is 6. The van der Waals surface area contributed by atoms with Gasteiger partial charge < -0.3 is 19.1 Å². The maximum Gasteiger partial charge on any atom is 0.410 e. The second-order valence-corrected chi connectivity index (χ2v) is 6.03. The van der Waals surface area contributed by atoms with Gasteiger partial charge in [-0.2, -0.15) is 0 Å². The van der Waals surface area contributed by atoms with Crippen LogP contribution in [0.15, 0.2) is 18.2 Å². The molecule has 1 fully saturated rings. The molecule has 1 aromatic rings. The van der Waals surface area contributed by atoms with Crippen LogP contribution < -0.4 is 9.47 Å². The van der Waals surface area contributed by atoms with Crippen LogP contribution in [0, 0.1) is 0 Å². The maximum atomic E-state index is 12.6. The molecule has 0 unspecified atom stereocenters. The lowest BCUT2D eigenvalue weighted by Gasteiger charge is -2.30. The third kappa shape index (κ3) is 3.46. The number of Topliss-reactive ketones (excluding diaryl/α,β-unsaturated/α-hetero) is 1. The van der Waals surface area contributed by atoms with Gasteiger partial charge >= 0.3 is 6.09 Å². The predicted molar refractivity (Wildman–Crippen MR) is 86.5 cm³/mol. The first kappa shape index (κ1) is 16.6. The zero-order valence-corrected chi connectivity index (χ0v) is 14.0. The fourth-order valence-corrected chi connectivity index (χ4v) is 2.59. The van der Waals surface area contributed by atoms with E-state index >= 15 is 0 Å². The molecule has 24 heavy (non-hydrogen) atoms. The zero-order valence-electron chi connectivity index (χ0n) is 14.0. The van der Waals surface area contributed by atoms with Crippen LogP contribution in [0.1, 0.15) is 23.7 Å². The number of likely N-dealkylation sites (N-methyl/N-ethyl adjacent to an activating group) is 1. The number of ketones is 1. The van der Waals surface area contributed by atoms with Gasteiger partial charge in [0.25, 0.3) is 0 Å². The molecule has 0 N–H and O–H groups in total. The molecule has 2 aliphatic heterocycles. The summed E-state index contributed by atoms with van der Waals surface area (Å²) in [6.45, 7) is 5.05. The van der Waals surface area contributed by atoms with Crippen LogP contribution in [0.3, 0.4) is 0 Å². The number of fused-ring (bicyclic) bond motifs is 1. The summed E-state index contributed by atoms with van der Waals surface area (Å²) in [6.07, 6.45) is 0.715. The minimum absolute atomic E-state index is 0.159. The first-order valence-electron chi connectivity index (χ1n) is 8.12. The molecule has 130 valence electrons. The van der Waals surface area contributed by atoms with Crippen LogP contribution in [0.25, 0.3) is 0 Å². The summed E-state index contributed by atoms with van der Waals surface area (Å²) in [7, 11) is 1.57. The van der Waals surface area contributed by atoms with E-state index in [2.05, 4.69) is 4.90 Å². The Bertz CT molecular complexity index is 629. The van der Waals surface area contributed by atoms with Crippen molar-refractivity contribution in [2.45, 2.75) is 19.4 Å². The van der Waals surface area contributed by atoms with E-state index in [1.807, 2.05) is 0 Å². The van der Waals surface area contributed by atoms with E-state index in [9.17, 15) is 9.59 Å². The lowest BCUT2D eigenvalue weighted by molar-refractivity contribution is 0.0672. The SMILES string of the molecule is C[C@@H](C(=O)c1ccc2c(c1)OCO2)N(C)C(=O)OCCN1CCC1. The molecule has 0 radical (unpaired) electrons. The quantitative estimate of drug-likeness (QED) is 0.739. The maximum absolute atomic E-state index is 12.6. The third-order valence-corrected chi connectivity index (χ3v) is 4.49. The van der Waals surface area contributed by atoms with E-state index in [-0.39, 0.29) is 12.6 Å². The third-order valence-electron chi connectivity index (χ3n) is 4.49. The Morgan fingerprint density at radius 2 is 2.04 bits per heavy atom. The van der Waals surface area contributed by atoms with Crippen LogP contribution >= 0.6 is 0 Å². The number of hydrogen-bond acceptors (Lipinski definition) is 6. The normalized spacial score (nSPS) is 17.1. The van der Waals surface area contributed by atoms with Crippen molar-refractivity contribution in [3.63, 3.8) is 0 Å². The largest absolute Gasteiger partial charge is 0.454 e. The van der Waals surface area contributed by atoms with Gasteiger partial charge in [-0.15, -0.1) is 0 Å². The summed E-state index contributed by atoms with van der Waals surface area (Å²) in [5, 5.41) is 0. The van der Waals surface area contributed by atoms with Crippen molar-refractivity contribution in [1.29, 1.82) is 0 Å². The van der Waals surface area contributed by atoms with E-state index in [1.54, 1.807) is 32.2 Å². The molecule has 2 aliphatic rings. The molecular weight excluding hydrogens is 312 g/mol. The molecule has 0 aromatic heterocycles. The summed E-state index contributed by atoms with van der Waals surface area (Å²) in [4.78, 5) is 28.2. The summed E-state index contributed by atoms with van der Waals surface area (Å²) in [5.41, 5.74) is 0.479. The molecular formula is C17H22N2O5. The van der Waals surface area contributed by atoms with Crippen LogP contribution in [-0.2, 0) is 4.74 Å². The molecule has 1 saturated heterocycles. The molecule has 7 nitrogen and oxygen atoms in total. The monoisotopic (exact) mass is 334 g/mol. The lowest BCUT2D eigenvalue weighted by atomic mass is 10.0. The number of carbonyl (C=O) groups excluding carboxylic acids is 2. The zero-order chi connectivity index (χ0) is 17.1. The molecule has 0 bridgehead atoms. The van der Waals surface area contributed by atoms with E-state index in [0.29, 0.717) is 23.7 Å². The van der Waals surface area contributed by atoms with E-state index in [0.717, 1.165) is 19.6 Å². The fourth-order valence-electron chi connectivity index (χ4n) is 2.59. The van der Waals surface area contributed by atoms with Crippen molar-refractivity contribution in [2.24, 2.45) is 0 Å². The van der Waals surface area contributed by atoms with E-state index < -0.39 is 12.1 Å². The van der Waals surface area contributed by atoms with Gasteiger partial charge in [0.2, 0.25) is 6.79 Å². The summed E-state index contributed by atoms with van der Waals surface area (Å²) in [5.74, 6) is 1.00. The van der Waals surface area contributed by atoms with Gasteiger partial charge in [0.15, 0.2) is 17.3 Å². The number of amides is 1. The van der Waals surface area contributed by atoms with Gasteiger partial charge in [0.1, 0.15) is 6.61 Å². The minimum atomic E-state index is -0.623. The van der Waals surface area contributed by atoms with E-state index in [4.69, 9.17) is 14.2 Å². The van der Waals surface area contributed by atoms with Crippen molar-refractivity contribution < 1.29 is 23.8 Å². The first-order chi connectivity index (χ1) is 11.6. The van der Waals surface area contributed by atoms with Gasteiger partial charge in [-0.3, -0.25) is 9.69 Å². The molecule has 1 atom stereocenters. The molecule has 0 aliphatic carbocycles.